The molecule has 1 saturated carbocycles. The smallest absolute Gasteiger partial charge is 0.237 e. The molecule has 1 aliphatic heterocycles. The maximum absolute atomic E-state index is 11.6. The first kappa shape index (κ1) is 12.7. The summed E-state index contributed by atoms with van der Waals surface area (Å²) in [4.78, 5) is 11.6. The van der Waals surface area contributed by atoms with Crippen LogP contribution in [-0.2, 0) is 4.79 Å². The minimum atomic E-state index is 0. The number of halogens is 1. The van der Waals surface area contributed by atoms with Crippen LogP contribution in [-0.4, -0.2) is 36.2 Å². The second-order valence-electron chi connectivity index (χ2n) is 4.28. The normalized spacial score (nSPS) is 34.1. The molecule has 1 heterocycles. The molecule has 5 heteroatoms. The average molecular weight is 235 g/mol. The fraction of sp³-hybridized carbons (Fsp3) is 0.900. The van der Waals surface area contributed by atoms with Crippen molar-refractivity contribution in [1.82, 2.24) is 10.6 Å². The van der Waals surface area contributed by atoms with E-state index in [1.165, 1.54) is 0 Å². The van der Waals surface area contributed by atoms with Gasteiger partial charge in [0.2, 0.25) is 5.91 Å². The summed E-state index contributed by atoms with van der Waals surface area (Å²) in [5.74, 6) is 0.389. The molecule has 1 saturated heterocycles. The summed E-state index contributed by atoms with van der Waals surface area (Å²) in [5, 5.41) is 15.2. The molecule has 0 aromatic carbocycles. The lowest BCUT2D eigenvalue weighted by atomic mass is 10.0. The average Bonchev–Trinajstić information content (AvgIpc) is 2.48. The fourth-order valence-corrected chi connectivity index (χ4v) is 2.24. The van der Waals surface area contributed by atoms with Crippen molar-refractivity contribution < 1.29 is 9.90 Å². The highest BCUT2D eigenvalue weighted by Gasteiger charge is 2.31. The van der Waals surface area contributed by atoms with E-state index >= 15 is 0 Å². The lowest BCUT2D eigenvalue weighted by Crippen LogP contribution is -2.55. The SMILES string of the molecule is Cl.O=C(NC1CCCC1CO)[C@H]1CCN1. The van der Waals surface area contributed by atoms with Gasteiger partial charge < -0.3 is 15.7 Å². The number of hydrogen-bond donors (Lipinski definition) is 3. The molecule has 0 aromatic rings. The van der Waals surface area contributed by atoms with Gasteiger partial charge in [0.25, 0.3) is 0 Å². The third kappa shape index (κ3) is 2.83. The molecular weight excluding hydrogens is 216 g/mol. The van der Waals surface area contributed by atoms with E-state index in [2.05, 4.69) is 10.6 Å². The first-order valence-corrected chi connectivity index (χ1v) is 5.46. The van der Waals surface area contributed by atoms with Gasteiger partial charge in [-0.2, -0.15) is 0 Å². The number of rotatable bonds is 3. The Kier molecular flexibility index (Phi) is 4.83. The highest BCUT2D eigenvalue weighted by atomic mass is 35.5. The van der Waals surface area contributed by atoms with Gasteiger partial charge in [-0.05, 0) is 25.8 Å². The van der Waals surface area contributed by atoms with Gasteiger partial charge in [-0.25, -0.2) is 0 Å². The van der Waals surface area contributed by atoms with Crippen LogP contribution in [0.1, 0.15) is 25.7 Å². The first-order chi connectivity index (χ1) is 6.81. The topological polar surface area (TPSA) is 61.4 Å². The Bertz CT molecular complexity index is 221. The van der Waals surface area contributed by atoms with E-state index < -0.39 is 0 Å². The van der Waals surface area contributed by atoms with E-state index in [4.69, 9.17) is 5.11 Å². The number of amides is 1. The number of hydrogen-bond acceptors (Lipinski definition) is 3. The lowest BCUT2D eigenvalue weighted by Gasteiger charge is -2.29. The minimum absolute atomic E-state index is 0. The highest BCUT2D eigenvalue weighted by Crippen LogP contribution is 2.25. The van der Waals surface area contributed by atoms with Crippen LogP contribution in [0.3, 0.4) is 0 Å². The predicted molar refractivity (Wildman–Crippen MR) is 60.0 cm³/mol. The molecule has 4 nitrogen and oxygen atoms in total. The molecule has 0 bridgehead atoms. The molecule has 0 aromatic heterocycles. The molecule has 15 heavy (non-hydrogen) atoms. The van der Waals surface area contributed by atoms with Crippen LogP contribution in [0.15, 0.2) is 0 Å². The van der Waals surface area contributed by atoms with Crippen LogP contribution in [0.5, 0.6) is 0 Å². The summed E-state index contributed by atoms with van der Waals surface area (Å²) in [6.45, 7) is 1.15. The molecule has 3 atom stereocenters. The largest absolute Gasteiger partial charge is 0.396 e. The van der Waals surface area contributed by atoms with Gasteiger partial charge in [0.15, 0.2) is 0 Å². The summed E-state index contributed by atoms with van der Waals surface area (Å²) in [6, 6.07) is 0.227. The number of carbonyl (C=O) groups excluding carboxylic acids is 1. The van der Waals surface area contributed by atoms with Crippen LogP contribution in [0.4, 0.5) is 0 Å². The van der Waals surface area contributed by atoms with Gasteiger partial charge in [-0.15, -0.1) is 12.4 Å². The molecule has 88 valence electrons. The van der Waals surface area contributed by atoms with Crippen molar-refractivity contribution in [3.8, 4) is 0 Å². The molecule has 2 rings (SSSR count). The number of carbonyl (C=O) groups is 1. The summed E-state index contributed by atoms with van der Waals surface area (Å²) in [5.41, 5.74) is 0. The zero-order chi connectivity index (χ0) is 9.97. The molecule has 2 unspecified atom stereocenters. The molecule has 0 radical (unpaired) electrons. The zero-order valence-electron chi connectivity index (χ0n) is 8.74. The van der Waals surface area contributed by atoms with Crippen molar-refractivity contribution in [1.29, 1.82) is 0 Å². The summed E-state index contributed by atoms with van der Waals surface area (Å²) in [6.07, 6.45) is 4.12. The molecule has 0 spiro atoms. The van der Waals surface area contributed by atoms with E-state index in [1.807, 2.05) is 0 Å². The quantitative estimate of drug-likeness (QED) is 0.647. The Labute approximate surface area is 96.2 Å². The van der Waals surface area contributed by atoms with Gasteiger partial charge in [0.1, 0.15) is 0 Å². The van der Waals surface area contributed by atoms with E-state index in [1.54, 1.807) is 0 Å². The Morgan fingerprint density at radius 2 is 2.13 bits per heavy atom. The van der Waals surface area contributed by atoms with Crippen molar-refractivity contribution in [2.45, 2.75) is 37.8 Å². The van der Waals surface area contributed by atoms with E-state index in [9.17, 15) is 4.79 Å². The van der Waals surface area contributed by atoms with Crippen molar-refractivity contribution in [2.24, 2.45) is 5.92 Å². The molecule has 1 aliphatic carbocycles. The Morgan fingerprint density at radius 3 is 2.67 bits per heavy atom. The van der Waals surface area contributed by atoms with Crippen molar-refractivity contribution in [3.05, 3.63) is 0 Å². The summed E-state index contributed by atoms with van der Waals surface area (Å²) >= 11 is 0. The first-order valence-electron chi connectivity index (χ1n) is 5.46. The van der Waals surface area contributed by atoms with Gasteiger partial charge >= 0.3 is 0 Å². The van der Waals surface area contributed by atoms with E-state index in [-0.39, 0.29) is 42.9 Å². The van der Waals surface area contributed by atoms with Crippen molar-refractivity contribution >= 4 is 18.3 Å². The summed E-state index contributed by atoms with van der Waals surface area (Å²) < 4.78 is 0. The maximum atomic E-state index is 11.6. The van der Waals surface area contributed by atoms with Crippen molar-refractivity contribution in [2.75, 3.05) is 13.2 Å². The second-order valence-corrected chi connectivity index (χ2v) is 4.28. The molecule has 2 aliphatic rings. The van der Waals surface area contributed by atoms with Crippen LogP contribution >= 0.6 is 12.4 Å². The van der Waals surface area contributed by atoms with Gasteiger partial charge in [0, 0.05) is 18.6 Å². The molecule has 1 amide bonds. The molecular formula is C10H19ClN2O2. The van der Waals surface area contributed by atoms with E-state index in [0.717, 1.165) is 32.2 Å². The van der Waals surface area contributed by atoms with Crippen LogP contribution < -0.4 is 10.6 Å². The molecule has 3 N–H and O–H groups in total. The maximum Gasteiger partial charge on any atom is 0.237 e. The van der Waals surface area contributed by atoms with Crippen LogP contribution in [0, 0.1) is 5.92 Å². The number of aliphatic hydroxyl groups excluding tert-OH is 1. The minimum Gasteiger partial charge on any atom is -0.396 e. The standard InChI is InChI=1S/C10H18N2O2.ClH/c13-6-7-2-1-3-8(7)12-10(14)9-4-5-11-9;/h7-9,11,13H,1-6H2,(H,12,14);1H/t7?,8?,9-;/m1./s1. The Hall–Kier alpha value is -0.320. The van der Waals surface area contributed by atoms with Crippen LogP contribution in [0.2, 0.25) is 0 Å². The number of aliphatic hydroxyl groups is 1. The third-order valence-corrected chi connectivity index (χ3v) is 3.36. The van der Waals surface area contributed by atoms with Crippen molar-refractivity contribution in [3.63, 3.8) is 0 Å². The van der Waals surface area contributed by atoms with Gasteiger partial charge in [-0.3, -0.25) is 4.79 Å². The third-order valence-electron chi connectivity index (χ3n) is 3.36. The van der Waals surface area contributed by atoms with Crippen LogP contribution in [0.25, 0.3) is 0 Å². The number of nitrogens with one attached hydrogen (secondary N) is 2. The fourth-order valence-electron chi connectivity index (χ4n) is 2.24. The highest BCUT2D eigenvalue weighted by molar-refractivity contribution is 5.85. The zero-order valence-corrected chi connectivity index (χ0v) is 9.55. The monoisotopic (exact) mass is 234 g/mol. The van der Waals surface area contributed by atoms with Gasteiger partial charge in [-0.1, -0.05) is 6.42 Å². The Morgan fingerprint density at radius 1 is 1.40 bits per heavy atom. The lowest BCUT2D eigenvalue weighted by molar-refractivity contribution is -0.125. The predicted octanol–water partition coefficient (Wildman–Crippen LogP) is 0.0473. The van der Waals surface area contributed by atoms with Gasteiger partial charge in [0.05, 0.1) is 6.04 Å². The second kappa shape index (κ2) is 5.68. The Balaban J connectivity index is 0.00000112. The summed E-state index contributed by atoms with van der Waals surface area (Å²) in [7, 11) is 0. The van der Waals surface area contributed by atoms with E-state index in [0.29, 0.717) is 0 Å². The molecule has 2 fully saturated rings.